The molecule has 1 aliphatic rings. The molecular formula is C28H28BrN3O2S. The molecule has 0 N–H and O–H groups in total. The summed E-state index contributed by atoms with van der Waals surface area (Å²) in [6, 6.07) is 23.7. The minimum absolute atomic E-state index is 0.0514. The predicted molar refractivity (Wildman–Crippen MR) is 150 cm³/mol. The number of halogens is 1. The van der Waals surface area contributed by atoms with Crippen molar-refractivity contribution in [2.45, 2.75) is 20.4 Å². The SMILES string of the molecule is CCN(CC)c1ccc(/C=C2\SC(=Nc3ccccc3)N(Cc3ccc(OC)cc3)C2=O)cc1Br. The molecule has 0 radical (unpaired) electrons. The lowest BCUT2D eigenvalue weighted by Crippen LogP contribution is -2.28. The van der Waals surface area contributed by atoms with Crippen LogP contribution in [0.2, 0.25) is 0 Å². The van der Waals surface area contributed by atoms with Crippen LogP contribution < -0.4 is 9.64 Å². The van der Waals surface area contributed by atoms with Crippen molar-refractivity contribution in [3.63, 3.8) is 0 Å². The summed E-state index contributed by atoms with van der Waals surface area (Å²) in [6.45, 7) is 6.59. The largest absolute Gasteiger partial charge is 0.497 e. The Bertz CT molecular complexity index is 1240. The van der Waals surface area contributed by atoms with E-state index in [1.165, 1.54) is 11.8 Å². The van der Waals surface area contributed by atoms with Gasteiger partial charge in [0.15, 0.2) is 5.17 Å². The number of anilines is 1. The first-order valence-electron chi connectivity index (χ1n) is 11.5. The number of benzene rings is 3. The van der Waals surface area contributed by atoms with Crippen LogP contribution in [0.25, 0.3) is 6.08 Å². The molecule has 0 saturated carbocycles. The van der Waals surface area contributed by atoms with Gasteiger partial charge in [-0.15, -0.1) is 0 Å². The average molecular weight is 551 g/mol. The van der Waals surface area contributed by atoms with Crippen LogP contribution in [0.15, 0.2) is 87.2 Å². The second-order valence-corrected chi connectivity index (χ2v) is 9.83. The zero-order valence-electron chi connectivity index (χ0n) is 20.1. The van der Waals surface area contributed by atoms with Gasteiger partial charge in [0.2, 0.25) is 0 Å². The number of methoxy groups -OCH3 is 1. The van der Waals surface area contributed by atoms with Crippen molar-refractivity contribution in [3.8, 4) is 5.75 Å². The Balaban J connectivity index is 1.65. The van der Waals surface area contributed by atoms with Crippen molar-refractivity contribution in [3.05, 3.63) is 93.3 Å². The Morgan fingerprint density at radius 2 is 1.74 bits per heavy atom. The molecule has 180 valence electrons. The number of hydrogen-bond donors (Lipinski definition) is 0. The summed E-state index contributed by atoms with van der Waals surface area (Å²) in [7, 11) is 1.64. The molecule has 5 nitrogen and oxygen atoms in total. The Morgan fingerprint density at radius 1 is 1.03 bits per heavy atom. The highest BCUT2D eigenvalue weighted by Crippen LogP contribution is 2.36. The maximum absolute atomic E-state index is 13.5. The minimum Gasteiger partial charge on any atom is -0.497 e. The van der Waals surface area contributed by atoms with Crippen LogP contribution in [0.5, 0.6) is 5.75 Å². The van der Waals surface area contributed by atoms with Gasteiger partial charge in [-0.25, -0.2) is 4.99 Å². The van der Waals surface area contributed by atoms with E-state index in [-0.39, 0.29) is 5.91 Å². The van der Waals surface area contributed by atoms with Crippen LogP contribution in [0.3, 0.4) is 0 Å². The number of carbonyl (C=O) groups excluding carboxylic acids is 1. The molecule has 0 bridgehead atoms. The van der Waals surface area contributed by atoms with Crippen molar-refractivity contribution < 1.29 is 9.53 Å². The highest BCUT2D eigenvalue weighted by atomic mass is 79.9. The van der Waals surface area contributed by atoms with Gasteiger partial charge in [-0.05, 0) is 95.1 Å². The number of carbonyl (C=O) groups is 1. The maximum Gasteiger partial charge on any atom is 0.267 e. The standard InChI is InChI=1S/C28H28BrN3O2S/c1-4-31(5-2)25-16-13-21(17-24(25)29)18-26-27(33)32(19-20-11-14-23(34-3)15-12-20)28(35-26)30-22-9-7-6-8-10-22/h6-18H,4-5,19H2,1-3H3/b26-18-,30-28?. The quantitative estimate of drug-likeness (QED) is 0.281. The van der Waals surface area contributed by atoms with Crippen molar-refractivity contribution in [1.82, 2.24) is 4.90 Å². The Labute approximate surface area is 219 Å². The number of nitrogens with zero attached hydrogens (tertiary/aromatic N) is 3. The van der Waals surface area contributed by atoms with Gasteiger partial charge in [-0.3, -0.25) is 9.69 Å². The van der Waals surface area contributed by atoms with E-state index < -0.39 is 0 Å². The van der Waals surface area contributed by atoms with Crippen molar-refractivity contribution in [1.29, 1.82) is 0 Å². The Morgan fingerprint density at radius 3 is 2.37 bits per heavy atom. The third-order valence-electron chi connectivity index (χ3n) is 5.74. The van der Waals surface area contributed by atoms with Gasteiger partial charge in [0.05, 0.1) is 29.9 Å². The number of rotatable bonds is 8. The first kappa shape index (κ1) is 25.1. The maximum atomic E-state index is 13.5. The van der Waals surface area contributed by atoms with E-state index in [1.807, 2.05) is 60.7 Å². The van der Waals surface area contributed by atoms with Gasteiger partial charge in [0, 0.05) is 17.6 Å². The molecule has 1 saturated heterocycles. The topological polar surface area (TPSA) is 45.1 Å². The van der Waals surface area contributed by atoms with Crippen LogP contribution in [0.4, 0.5) is 11.4 Å². The van der Waals surface area contributed by atoms with Crippen LogP contribution >= 0.6 is 27.7 Å². The van der Waals surface area contributed by atoms with Crippen molar-refractivity contribution >= 4 is 56.2 Å². The first-order chi connectivity index (χ1) is 17.0. The summed E-state index contributed by atoms with van der Waals surface area (Å²) in [5.41, 5.74) is 3.94. The lowest BCUT2D eigenvalue weighted by atomic mass is 10.1. The fourth-order valence-corrected chi connectivity index (χ4v) is 5.49. The predicted octanol–water partition coefficient (Wildman–Crippen LogP) is 7.11. The Kier molecular flexibility index (Phi) is 8.31. The van der Waals surface area contributed by atoms with Crippen LogP contribution in [-0.2, 0) is 11.3 Å². The number of hydrogen-bond acceptors (Lipinski definition) is 5. The summed E-state index contributed by atoms with van der Waals surface area (Å²) in [4.78, 5) is 23.0. The van der Waals surface area contributed by atoms with Gasteiger partial charge in [-0.2, -0.15) is 0 Å². The smallest absolute Gasteiger partial charge is 0.267 e. The van der Waals surface area contributed by atoms with E-state index in [0.29, 0.717) is 16.6 Å². The molecule has 4 rings (SSSR count). The minimum atomic E-state index is -0.0514. The van der Waals surface area contributed by atoms with E-state index in [1.54, 1.807) is 12.0 Å². The molecule has 0 aromatic heterocycles. The number of thioether (sulfide) groups is 1. The molecule has 0 atom stereocenters. The molecule has 3 aromatic rings. The van der Waals surface area contributed by atoms with Crippen LogP contribution in [-0.4, -0.2) is 36.2 Å². The van der Waals surface area contributed by atoms with Gasteiger partial charge in [-0.1, -0.05) is 36.4 Å². The summed E-state index contributed by atoms with van der Waals surface area (Å²) in [5, 5.41) is 0.669. The van der Waals surface area contributed by atoms with E-state index in [2.05, 4.69) is 52.9 Å². The fraction of sp³-hybridized carbons (Fsp3) is 0.214. The zero-order valence-corrected chi connectivity index (χ0v) is 22.5. The van der Waals surface area contributed by atoms with E-state index >= 15 is 0 Å². The third-order valence-corrected chi connectivity index (χ3v) is 7.38. The zero-order chi connectivity index (χ0) is 24.8. The van der Waals surface area contributed by atoms with Gasteiger partial charge >= 0.3 is 0 Å². The molecule has 1 amide bonds. The number of ether oxygens (including phenoxy) is 1. The van der Waals surface area contributed by atoms with Crippen LogP contribution in [0, 0.1) is 0 Å². The normalized spacial score (nSPS) is 15.8. The number of aliphatic imine (C=N–C) groups is 1. The lowest BCUT2D eigenvalue weighted by molar-refractivity contribution is -0.122. The number of amides is 1. The number of amidine groups is 1. The van der Waals surface area contributed by atoms with E-state index in [4.69, 9.17) is 9.73 Å². The second-order valence-electron chi connectivity index (χ2n) is 7.96. The summed E-state index contributed by atoms with van der Waals surface area (Å²) < 4.78 is 6.28. The highest BCUT2D eigenvalue weighted by molar-refractivity contribution is 9.10. The second kappa shape index (κ2) is 11.6. The molecule has 7 heteroatoms. The summed E-state index contributed by atoms with van der Waals surface area (Å²) in [6.07, 6.45) is 1.94. The molecule has 0 spiro atoms. The van der Waals surface area contributed by atoms with E-state index in [9.17, 15) is 4.79 Å². The van der Waals surface area contributed by atoms with Crippen molar-refractivity contribution in [2.75, 3.05) is 25.1 Å². The molecule has 1 fully saturated rings. The van der Waals surface area contributed by atoms with Crippen LogP contribution in [0.1, 0.15) is 25.0 Å². The average Bonchev–Trinajstić information content (AvgIpc) is 3.15. The molecule has 0 aliphatic carbocycles. The summed E-state index contributed by atoms with van der Waals surface area (Å²) >= 11 is 5.12. The molecule has 35 heavy (non-hydrogen) atoms. The monoisotopic (exact) mass is 549 g/mol. The highest BCUT2D eigenvalue weighted by Gasteiger charge is 2.33. The molecule has 3 aromatic carbocycles. The lowest BCUT2D eigenvalue weighted by Gasteiger charge is -2.22. The summed E-state index contributed by atoms with van der Waals surface area (Å²) in [5.74, 6) is 0.734. The molecule has 0 unspecified atom stereocenters. The fourth-order valence-electron chi connectivity index (χ4n) is 3.84. The third kappa shape index (κ3) is 5.97. The van der Waals surface area contributed by atoms with Gasteiger partial charge < -0.3 is 9.64 Å². The molecular weight excluding hydrogens is 522 g/mol. The molecule has 1 heterocycles. The Hall–Kier alpha value is -3.03. The van der Waals surface area contributed by atoms with Gasteiger partial charge in [0.1, 0.15) is 5.75 Å². The molecule has 1 aliphatic heterocycles. The van der Waals surface area contributed by atoms with Gasteiger partial charge in [0.25, 0.3) is 5.91 Å². The first-order valence-corrected chi connectivity index (χ1v) is 13.2. The number of para-hydroxylation sites is 1. The van der Waals surface area contributed by atoms with Crippen molar-refractivity contribution in [2.24, 2.45) is 4.99 Å². The van der Waals surface area contributed by atoms with E-state index in [0.717, 1.165) is 45.8 Å².